The first kappa shape index (κ1) is 16.3. The number of aromatic nitrogens is 4. The standard InChI is InChI=1S/C17H14BrN5OS/c1-2-25-17-21-16-14(22-23-17)12-9-11(18)3-4-13(12)20-15(24-16)10-5-7-19-8-6-10/h3-9,15,20H,2H2,1H3/t15-/m0/s1. The molecule has 3 aromatic rings. The molecule has 0 saturated carbocycles. The summed E-state index contributed by atoms with van der Waals surface area (Å²) in [4.78, 5) is 8.63. The summed E-state index contributed by atoms with van der Waals surface area (Å²) >= 11 is 5.05. The van der Waals surface area contributed by atoms with Gasteiger partial charge in [-0.1, -0.05) is 34.6 Å². The van der Waals surface area contributed by atoms with Crippen LogP contribution >= 0.6 is 27.7 Å². The van der Waals surface area contributed by atoms with E-state index in [-0.39, 0.29) is 6.23 Å². The topological polar surface area (TPSA) is 72.8 Å². The smallest absolute Gasteiger partial charge is 0.247 e. The summed E-state index contributed by atoms with van der Waals surface area (Å²) in [6, 6.07) is 9.78. The van der Waals surface area contributed by atoms with Crippen LogP contribution in [0.4, 0.5) is 5.69 Å². The molecule has 126 valence electrons. The zero-order valence-electron chi connectivity index (χ0n) is 13.3. The number of nitrogens with one attached hydrogen (secondary N) is 1. The van der Waals surface area contributed by atoms with Gasteiger partial charge in [-0.3, -0.25) is 4.98 Å². The summed E-state index contributed by atoms with van der Waals surface area (Å²) in [6.45, 7) is 2.05. The molecular weight excluding hydrogens is 402 g/mol. The van der Waals surface area contributed by atoms with Crippen LogP contribution in [0.15, 0.2) is 52.4 Å². The maximum atomic E-state index is 6.17. The molecule has 3 heterocycles. The van der Waals surface area contributed by atoms with Crippen LogP contribution < -0.4 is 10.1 Å². The Morgan fingerprint density at radius 3 is 2.84 bits per heavy atom. The van der Waals surface area contributed by atoms with Crippen LogP contribution in [0, 0.1) is 0 Å². The minimum atomic E-state index is -0.389. The number of halogens is 1. The van der Waals surface area contributed by atoms with Gasteiger partial charge >= 0.3 is 0 Å². The van der Waals surface area contributed by atoms with Crippen molar-refractivity contribution >= 4 is 33.4 Å². The molecule has 0 radical (unpaired) electrons. The number of anilines is 1. The molecule has 6 nitrogen and oxygen atoms in total. The van der Waals surface area contributed by atoms with Crippen molar-refractivity contribution in [3.05, 3.63) is 52.8 Å². The molecule has 1 aliphatic rings. The van der Waals surface area contributed by atoms with Crippen LogP contribution in [0.3, 0.4) is 0 Å². The molecule has 1 aliphatic heterocycles. The molecule has 1 aromatic carbocycles. The first-order chi connectivity index (χ1) is 12.2. The predicted molar refractivity (Wildman–Crippen MR) is 101 cm³/mol. The number of rotatable bonds is 3. The second-order valence-electron chi connectivity index (χ2n) is 5.29. The van der Waals surface area contributed by atoms with E-state index in [2.05, 4.69) is 41.4 Å². The molecule has 2 aromatic heterocycles. The molecule has 0 spiro atoms. The number of fused-ring (bicyclic) bond motifs is 3. The quantitative estimate of drug-likeness (QED) is 0.638. The van der Waals surface area contributed by atoms with Gasteiger partial charge in [-0.2, -0.15) is 4.98 Å². The number of ether oxygens (including phenoxy) is 1. The van der Waals surface area contributed by atoms with E-state index in [0.29, 0.717) is 16.7 Å². The van der Waals surface area contributed by atoms with Crippen LogP contribution in [0.25, 0.3) is 11.3 Å². The summed E-state index contributed by atoms with van der Waals surface area (Å²) in [5, 5.41) is 12.6. The fraction of sp³-hybridized carbons (Fsp3) is 0.176. The van der Waals surface area contributed by atoms with Crippen LogP contribution in [0.2, 0.25) is 0 Å². The minimum Gasteiger partial charge on any atom is -0.448 e. The van der Waals surface area contributed by atoms with Crippen molar-refractivity contribution in [2.24, 2.45) is 0 Å². The lowest BCUT2D eigenvalue weighted by atomic mass is 10.1. The maximum absolute atomic E-state index is 6.17. The zero-order chi connectivity index (χ0) is 17.2. The highest BCUT2D eigenvalue weighted by Crippen LogP contribution is 2.40. The van der Waals surface area contributed by atoms with Crippen LogP contribution in [-0.4, -0.2) is 25.9 Å². The Morgan fingerprint density at radius 2 is 2.04 bits per heavy atom. The molecule has 0 saturated heterocycles. The van der Waals surface area contributed by atoms with Crippen molar-refractivity contribution in [3.63, 3.8) is 0 Å². The van der Waals surface area contributed by atoms with Gasteiger partial charge in [0.1, 0.15) is 0 Å². The van der Waals surface area contributed by atoms with Gasteiger partial charge in [0.05, 0.1) is 0 Å². The zero-order valence-corrected chi connectivity index (χ0v) is 15.7. The molecule has 0 amide bonds. The first-order valence-electron chi connectivity index (χ1n) is 7.75. The monoisotopic (exact) mass is 415 g/mol. The number of pyridine rings is 1. The largest absolute Gasteiger partial charge is 0.448 e. The van der Waals surface area contributed by atoms with Gasteiger partial charge in [-0.05, 0) is 36.1 Å². The van der Waals surface area contributed by atoms with Crippen molar-refractivity contribution < 1.29 is 4.74 Å². The van der Waals surface area contributed by atoms with Crippen molar-refractivity contribution in [1.29, 1.82) is 0 Å². The molecule has 0 unspecified atom stereocenters. The number of thioether (sulfide) groups is 1. The highest BCUT2D eigenvalue weighted by molar-refractivity contribution is 9.10. The van der Waals surface area contributed by atoms with Crippen molar-refractivity contribution in [2.75, 3.05) is 11.1 Å². The lowest BCUT2D eigenvalue weighted by Gasteiger charge is -2.19. The molecule has 4 rings (SSSR count). The van der Waals surface area contributed by atoms with E-state index in [1.165, 1.54) is 11.8 Å². The average molecular weight is 416 g/mol. The molecule has 0 aliphatic carbocycles. The van der Waals surface area contributed by atoms with Gasteiger partial charge in [0.15, 0.2) is 11.9 Å². The Hall–Kier alpha value is -2.19. The fourth-order valence-corrected chi connectivity index (χ4v) is 3.41. The minimum absolute atomic E-state index is 0.389. The Kier molecular flexibility index (Phi) is 4.54. The summed E-state index contributed by atoms with van der Waals surface area (Å²) < 4.78 is 7.13. The van der Waals surface area contributed by atoms with Crippen LogP contribution in [0.5, 0.6) is 5.88 Å². The third kappa shape index (κ3) is 3.32. The van der Waals surface area contributed by atoms with E-state index in [9.17, 15) is 0 Å². The maximum Gasteiger partial charge on any atom is 0.247 e. The van der Waals surface area contributed by atoms with Crippen LogP contribution in [0.1, 0.15) is 18.7 Å². The molecule has 0 fully saturated rings. The lowest BCUT2D eigenvalue weighted by molar-refractivity contribution is 0.225. The summed E-state index contributed by atoms with van der Waals surface area (Å²) in [5.74, 6) is 1.34. The second kappa shape index (κ2) is 6.97. The molecule has 25 heavy (non-hydrogen) atoms. The molecule has 1 N–H and O–H groups in total. The number of hydrogen-bond donors (Lipinski definition) is 1. The predicted octanol–water partition coefficient (Wildman–Crippen LogP) is 4.31. The molecule has 8 heteroatoms. The van der Waals surface area contributed by atoms with Crippen LogP contribution in [-0.2, 0) is 0 Å². The number of benzene rings is 1. The lowest BCUT2D eigenvalue weighted by Crippen LogP contribution is -2.17. The van der Waals surface area contributed by atoms with Gasteiger partial charge in [0.2, 0.25) is 11.0 Å². The van der Waals surface area contributed by atoms with Gasteiger partial charge in [-0.25, -0.2) is 0 Å². The van der Waals surface area contributed by atoms with Gasteiger partial charge in [-0.15, -0.1) is 10.2 Å². The van der Waals surface area contributed by atoms with Crippen molar-refractivity contribution in [1.82, 2.24) is 20.2 Å². The normalized spacial score (nSPS) is 15.4. The summed E-state index contributed by atoms with van der Waals surface area (Å²) in [7, 11) is 0. The van der Waals surface area contributed by atoms with Gasteiger partial charge in [0.25, 0.3) is 0 Å². The Labute approximate surface area is 157 Å². The van der Waals surface area contributed by atoms with Gasteiger partial charge < -0.3 is 10.1 Å². The fourth-order valence-electron chi connectivity index (χ4n) is 2.55. The first-order valence-corrected chi connectivity index (χ1v) is 9.53. The SMILES string of the molecule is CCSc1nnc2c(n1)O[C@@H](c1ccncc1)Nc1ccc(Br)cc1-2. The summed E-state index contributed by atoms with van der Waals surface area (Å²) in [5.41, 5.74) is 3.39. The van der Waals surface area contributed by atoms with E-state index in [4.69, 9.17) is 4.74 Å². The molecule has 0 bridgehead atoms. The molecule has 1 atom stereocenters. The third-order valence-corrected chi connectivity index (χ3v) is 4.88. The Morgan fingerprint density at radius 1 is 1.20 bits per heavy atom. The third-order valence-electron chi connectivity index (χ3n) is 3.67. The number of hydrogen-bond acceptors (Lipinski definition) is 7. The van der Waals surface area contributed by atoms with Crippen molar-refractivity contribution in [3.8, 4) is 17.1 Å². The molecular formula is C17H14BrN5OS. The van der Waals surface area contributed by atoms with Crippen molar-refractivity contribution in [2.45, 2.75) is 18.3 Å². The van der Waals surface area contributed by atoms with E-state index in [1.54, 1.807) is 12.4 Å². The average Bonchev–Trinajstić information content (AvgIpc) is 2.79. The van der Waals surface area contributed by atoms with E-state index in [1.807, 2.05) is 37.3 Å². The second-order valence-corrected chi connectivity index (χ2v) is 7.44. The highest BCUT2D eigenvalue weighted by Gasteiger charge is 2.26. The Bertz CT molecular complexity index is 909. The number of nitrogens with zero attached hydrogens (tertiary/aromatic N) is 4. The van der Waals surface area contributed by atoms with Gasteiger partial charge in [0, 0.05) is 33.7 Å². The van der Waals surface area contributed by atoms with E-state index in [0.717, 1.165) is 27.0 Å². The highest BCUT2D eigenvalue weighted by atomic mass is 79.9. The Balaban J connectivity index is 1.86. The van der Waals surface area contributed by atoms with E-state index >= 15 is 0 Å². The van der Waals surface area contributed by atoms with E-state index < -0.39 is 0 Å². The summed E-state index contributed by atoms with van der Waals surface area (Å²) in [6.07, 6.45) is 3.09.